The van der Waals surface area contributed by atoms with Gasteiger partial charge in [-0.1, -0.05) is 28.1 Å². The van der Waals surface area contributed by atoms with Gasteiger partial charge in [-0.15, -0.1) is 0 Å². The normalized spacial score (nSPS) is 17.3. The highest BCUT2D eigenvalue weighted by molar-refractivity contribution is 9.09. The van der Waals surface area contributed by atoms with Gasteiger partial charge >= 0.3 is 0 Å². The van der Waals surface area contributed by atoms with Crippen LogP contribution in [0.15, 0.2) is 30.3 Å². The number of alkyl halides is 1. The van der Waals surface area contributed by atoms with Crippen molar-refractivity contribution < 1.29 is 19.1 Å². The highest BCUT2D eigenvalue weighted by atomic mass is 79.9. The summed E-state index contributed by atoms with van der Waals surface area (Å²) in [5, 5.41) is 13.0. The van der Waals surface area contributed by atoms with Gasteiger partial charge in [-0.2, -0.15) is 5.26 Å². The highest BCUT2D eigenvalue weighted by Gasteiger charge is 2.33. The summed E-state index contributed by atoms with van der Waals surface area (Å²) in [6.07, 6.45) is 2.45. The molecule has 196 valence electrons. The van der Waals surface area contributed by atoms with Crippen LogP contribution in [0.5, 0.6) is 5.75 Å². The molecule has 1 atom stereocenters. The fourth-order valence-corrected chi connectivity index (χ4v) is 4.68. The van der Waals surface area contributed by atoms with Crippen molar-refractivity contribution in [1.29, 1.82) is 5.26 Å². The largest absolute Gasteiger partial charge is 0.487 e. The van der Waals surface area contributed by atoms with Gasteiger partial charge < -0.3 is 24.6 Å². The third-order valence-electron chi connectivity index (χ3n) is 6.57. The molecule has 4 rings (SSSR count). The fourth-order valence-electron chi connectivity index (χ4n) is 4.54. The third-order valence-corrected chi connectivity index (χ3v) is 7.08. The van der Waals surface area contributed by atoms with E-state index in [1.807, 2.05) is 36.1 Å². The average Bonchev–Trinajstić information content (AvgIpc) is 3.75. The number of methoxy groups -OCH3 is 1. The lowest BCUT2D eigenvalue weighted by Gasteiger charge is -2.40. The summed E-state index contributed by atoms with van der Waals surface area (Å²) in [4.78, 5) is 33.2. The molecule has 9 nitrogen and oxygen atoms in total. The number of carbonyl (C=O) groups is 2. The zero-order chi connectivity index (χ0) is 26.4. The molecule has 2 amide bonds. The van der Waals surface area contributed by atoms with Crippen molar-refractivity contribution in [3.63, 3.8) is 0 Å². The predicted octanol–water partition coefficient (Wildman–Crippen LogP) is 3.82. The molecular formula is C27H32BrN5O4. The van der Waals surface area contributed by atoms with Crippen LogP contribution in [0.3, 0.4) is 0 Å². The summed E-state index contributed by atoms with van der Waals surface area (Å²) in [6, 6.07) is 11.6. The van der Waals surface area contributed by atoms with Crippen LogP contribution in [0.4, 0.5) is 11.5 Å². The minimum Gasteiger partial charge on any atom is -0.487 e. The standard InChI is InChI=1S/C27H32BrN5O4/c1-18-16-32(9-10-33(18)25(35)8-11-36-2)27-21(15-29)13-23(26(31-27)20-6-7-20)37-17-19-4-3-5-22(12-19)30-24(34)14-28/h3-5,12-13,18,20H,6-11,14,16-17H2,1-2H3,(H,30,34)/t18-/m1/s1. The first-order valence-corrected chi connectivity index (χ1v) is 13.6. The zero-order valence-corrected chi connectivity index (χ0v) is 22.8. The molecule has 1 saturated heterocycles. The number of anilines is 2. The van der Waals surface area contributed by atoms with Crippen LogP contribution in [-0.4, -0.2) is 66.4 Å². The van der Waals surface area contributed by atoms with E-state index in [9.17, 15) is 14.9 Å². The number of hydrogen-bond acceptors (Lipinski definition) is 7. The molecule has 0 radical (unpaired) electrons. The number of halogens is 1. The molecule has 1 aliphatic heterocycles. The van der Waals surface area contributed by atoms with E-state index < -0.39 is 0 Å². The van der Waals surface area contributed by atoms with Gasteiger partial charge in [0, 0.05) is 50.5 Å². The number of rotatable bonds is 10. The fraction of sp³-hybridized carbons (Fsp3) is 0.481. The second kappa shape index (κ2) is 12.4. The van der Waals surface area contributed by atoms with Gasteiger partial charge in [-0.05, 0) is 37.5 Å². The summed E-state index contributed by atoms with van der Waals surface area (Å²) >= 11 is 3.15. The van der Waals surface area contributed by atoms with E-state index in [4.69, 9.17) is 14.5 Å². The van der Waals surface area contributed by atoms with Crippen molar-refractivity contribution in [2.75, 3.05) is 48.9 Å². The second-order valence-corrected chi connectivity index (χ2v) is 9.99. The lowest BCUT2D eigenvalue weighted by atomic mass is 10.1. The number of nitriles is 1. The number of benzene rings is 1. The molecule has 2 aliphatic rings. The molecule has 2 aromatic rings. The van der Waals surface area contributed by atoms with Gasteiger partial charge in [0.25, 0.3) is 0 Å². The monoisotopic (exact) mass is 569 g/mol. The molecule has 1 N–H and O–H groups in total. The Labute approximate surface area is 225 Å². The Morgan fingerprint density at radius 1 is 1.27 bits per heavy atom. The molecule has 2 heterocycles. The minimum absolute atomic E-state index is 0.00376. The van der Waals surface area contributed by atoms with Crippen molar-refractivity contribution in [1.82, 2.24) is 9.88 Å². The Balaban J connectivity index is 1.50. The molecule has 2 fully saturated rings. The average molecular weight is 570 g/mol. The summed E-state index contributed by atoms with van der Waals surface area (Å²) in [5.41, 5.74) is 2.95. The van der Waals surface area contributed by atoms with E-state index in [0.717, 1.165) is 24.1 Å². The first-order valence-electron chi connectivity index (χ1n) is 12.5. The molecule has 10 heteroatoms. The van der Waals surface area contributed by atoms with Gasteiger partial charge in [0.05, 0.1) is 29.6 Å². The maximum absolute atomic E-state index is 12.5. The number of pyridine rings is 1. The van der Waals surface area contributed by atoms with E-state index in [1.54, 1.807) is 13.2 Å². The molecule has 0 unspecified atom stereocenters. The Bertz CT molecular complexity index is 1180. The minimum atomic E-state index is -0.123. The molecule has 1 aromatic carbocycles. The van der Waals surface area contributed by atoms with Gasteiger partial charge in [-0.25, -0.2) is 4.98 Å². The number of nitrogens with one attached hydrogen (secondary N) is 1. The molecule has 37 heavy (non-hydrogen) atoms. The SMILES string of the molecule is COCCC(=O)N1CCN(c2nc(C3CC3)c(OCc3cccc(NC(=O)CBr)c3)cc2C#N)C[C@H]1C. The number of nitrogens with zero attached hydrogens (tertiary/aromatic N) is 4. The maximum atomic E-state index is 12.5. The molecule has 0 spiro atoms. The van der Waals surface area contributed by atoms with Crippen molar-refractivity contribution in [3.8, 4) is 11.8 Å². The summed E-state index contributed by atoms with van der Waals surface area (Å²) in [6.45, 7) is 4.53. The number of aromatic nitrogens is 1. The summed E-state index contributed by atoms with van der Waals surface area (Å²) in [7, 11) is 1.59. The van der Waals surface area contributed by atoms with E-state index in [1.165, 1.54) is 0 Å². The number of amides is 2. The van der Waals surface area contributed by atoms with E-state index in [2.05, 4.69) is 32.2 Å². The van der Waals surface area contributed by atoms with Crippen molar-refractivity contribution in [2.24, 2.45) is 0 Å². The molecule has 1 aromatic heterocycles. The number of hydrogen-bond donors (Lipinski definition) is 1. The van der Waals surface area contributed by atoms with Gasteiger partial charge in [0.2, 0.25) is 11.8 Å². The second-order valence-electron chi connectivity index (χ2n) is 9.42. The zero-order valence-electron chi connectivity index (χ0n) is 21.2. The Morgan fingerprint density at radius 3 is 2.76 bits per heavy atom. The lowest BCUT2D eigenvalue weighted by Crippen LogP contribution is -2.54. The Kier molecular flexibility index (Phi) is 9.00. The predicted molar refractivity (Wildman–Crippen MR) is 144 cm³/mol. The van der Waals surface area contributed by atoms with Crippen molar-refractivity contribution >= 4 is 39.2 Å². The van der Waals surface area contributed by atoms with Crippen LogP contribution >= 0.6 is 15.9 Å². The smallest absolute Gasteiger partial charge is 0.235 e. The molecule has 1 saturated carbocycles. The van der Waals surface area contributed by atoms with Gasteiger partial charge in [-0.3, -0.25) is 9.59 Å². The van der Waals surface area contributed by atoms with Crippen LogP contribution in [0.1, 0.15) is 48.9 Å². The highest BCUT2D eigenvalue weighted by Crippen LogP contribution is 2.45. The van der Waals surface area contributed by atoms with Crippen LogP contribution in [0.2, 0.25) is 0 Å². The van der Waals surface area contributed by atoms with Crippen LogP contribution < -0.4 is 15.0 Å². The number of carbonyl (C=O) groups excluding carboxylic acids is 2. The third kappa shape index (κ3) is 6.79. The number of piperazine rings is 1. The first kappa shape index (κ1) is 26.9. The van der Waals surface area contributed by atoms with Crippen LogP contribution in [0, 0.1) is 11.3 Å². The lowest BCUT2D eigenvalue weighted by molar-refractivity contribution is -0.134. The summed E-state index contributed by atoms with van der Waals surface area (Å²) < 4.78 is 11.2. The number of ether oxygens (including phenoxy) is 2. The molecule has 1 aliphatic carbocycles. The molecular weight excluding hydrogens is 538 g/mol. The van der Waals surface area contributed by atoms with E-state index in [0.29, 0.717) is 68.0 Å². The Morgan fingerprint density at radius 2 is 2.08 bits per heavy atom. The maximum Gasteiger partial charge on any atom is 0.235 e. The van der Waals surface area contributed by atoms with Crippen molar-refractivity contribution in [3.05, 3.63) is 47.2 Å². The van der Waals surface area contributed by atoms with Crippen molar-refractivity contribution in [2.45, 2.75) is 44.8 Å². The quantitative estimate of drug-likeness (QED) is 0.433. The van der Waals surface area contributed by atoms with E-state index >= 15 is 0 Å². The van der Waals surface area contributed by atoms with Crippen LogP contribution in [0.25, 0.3) is 0 Å². The molecule has 0 bridgehead atoms. The Hall–Kier alpha value is -3.16. The van der Waals surface area contributed by atoms with Gasteiger partial charge in [0.15, 0.2) is 0 Å². The summed E-state index contributed by atoms with van der Waals surface area (Å²) in [5.74, 6) is 1.56. The first-order chi connectivity index (χ1) is 17.9. The van der Waals surface area contributed by atoms with Gasteiger partial charge in [0.1, 0.15) is 24.2 Å². The van der Waals surface area contributed by atoms with Crippen LogP contribution in [-0.2, 0) is 20.9 Å². The van der Waals surface area contributed by atoms with E-state index in [-0.39, 0.29) is 23.2 Å². The topological polar surface area (TPSA) is 108 Å².